The van der Waals surface area contributed by atoms with E-state index in [2.05, 4.69) is 22.9 Å². The lowest BCUT2D eigenvalue weighted by atomic mass is 10.1. The first kappa shape index (κ1) is 11.4. The quantitative estimate of drug-likeness (QED) is 0.816. The number of pyridine rings is 1. The molecule has 88 valence electrons. The van der Waals surface area contributed by atoms with Gasteiger partial charge in [-0.25, -0.2) is 4.98 Å². The van der Waals surface area contributed by atoms with Crippen molar-refractivity contribution < 1.29 is 4.74 Å². The highest BCUT2D eigenvalue weighted by Crippen LogP contribution is 2.20. The van der Waals surface area contributed by atoms with Gasteiger partial charge in [0.05, 0.1) is 13.2 Å². The van der Waals surface area contributed by atoms with E-state index in [1.165, 1.54) is 5.56 Å². The van der Waals surface area contributed by atoms with Crippen LogP contribution in [0.25, 0.3) is 0 Å². The Kier molecular flexibility index (Phi) is 3.41. The van der Waals surface area contributed by atoms with Crippen LogP contribution in [0.4, 0.5) is 5.82 Å². The van der Waals surface area contributed by atoms with Crippen molar-refractivity contribution in [1.29, 1.82) is 0 Å². The Labute approximate surface area is 96.4 Å². The number of rotatable bonds is 2. The maximum atomic E-state index is 5.87. The van der Waals surface area contributed by atoms with Gasteiger partial charge < -0.3 is 15.4 Å². The molecule has 1 aromatic heterocycles. The van der Waals surface area contributed by atoms with Crippen LogP contribution >= 0.6 is 0 Å². The van der Waals surface area contributed by atoms with E-state index in [-0.39, 0.29) is 6.04 Å². The van der Waals surface area contributed by atoms with Gasteiger partial charge in [-0.3, -0.25) is 0 Å². The van der Waals surface area contributed by atoms with Gasteiger partial charge in [-0.2, -0.15) is 0 Å². The number of anilines is 1. The molecule has 0 amide bonds. The third-order valence-corrected chi connectivity index (χ3v) is 2.96. The minimum absolute atomic E-state index is 0.0474. The second kappa shape index (κ2) is 4.80. The number of hydrogen-bond acceptors (Lipinski definition) is 4. The molecule has 1 aliphatic heterocycles. The van der Waals surface area contributed by atoms with Crippen LogP contribution in [-0.4, -0.2) is 31.3 Å². The highest BCUT2D eigenvalue weighted by atomic mass is 16.5. The van der Waals surface area contributed by atoms with Crippen LogP contribution in [0.15, 0.2) is 12.3 Å². The van der Waals surface area contributed by atoms with Crippen LogP contribution in [-0.2, 0) is 4.74 Å². The molecule has 1 aromatic rings. The molecule has 4 heteroatoms. The summed E-state index contributed by atoms with van der Waals surface area (Å²) in [5, 5.41) is 0. The summed E-state index contributed by atoms with van der Waals surface area (Å²) in [6.45, 7) is 7.49. The second-order valence-corrected chi connectivity index (χ2v) is 4.29. The van der Waals surface area contributed by atoms with Crippen LogP contribution in [0.2, 0.25) is 0 Å². The number of nitrogens with zero attached hydrogens (tertiary/aromatic N) is 2. The predicted molar refractivity (Wildman–Crippen MR) is 64.6 cm³/mol. The molecule has 1 aliphatic rings. The van der Waals surface area contributed by atoms with Crippen LogP contribution in [0.3, 0.4) is 0 Å². The van der Waals surface area contributed by atoms with Crippen molar-refractivity contribution >= 4 is 5.82 Å². The third kappa shape index (κ3) is 2.33. The largest absolute Gasteiger partial charge is 0.378 e. The van der Waals surface area contributed by atoms with Crippen LogP contribution in [0, 0.1) is 6.92 Å². The van der Waals surface area contributed by atoms with Crippen molar-refractivity contribution in [3.8, 4) is 0 Å². The minimum Gasteiger partial charge on any atom is -0.378 e. The Hall–Kier alpha value is -1.13. The first-order valence-corrected chi connectivity index (χ1v) is 5.73. The lowest BCUT2D eigenvalue weighted by molar-refractivity contribution is 0.122. The van der Waals surface area contributed by atoms with E-state index in [9.17, 15) is 0 Å². The molecular formula is C12H19N3O. The molecule has 16 heavy (non-hydrogen) atoms. The molecule has 0 aliphatic carbocycles. The van der Waals surface area contributed by atoms with Crippen molar-refractivity contribution in [2.75, 3.05) is 31.2 Å². The third-order valence-electron chi connectivity index (χ3n) is 2.96. The molecule has 2 rings (SSSR count). The topological polar surface area (TPSA) is 51.4 Å². The zero-order chi connectivity index (χ0) is 11.5. The van der Waals surface area contributed by atoms with E-state index in [1.54, 1.807) is 0 Å². The van der Waals surface area contributed by atoms with Crippen molar-refractivity contribution in [3.05, 3.63) is 23.4 Å². The molecule has 2 heterocycles. The lowest BCUT2D eigenvalue weighted by Crippen LogP contribution is -2.36. The first-order chi connectivity index (χ1) is 7.68. The minimum atomic E-state index is 0.0474. The zero-order valence-electron chi connectivity index (χ0n) is 9.94. The van der Waals surface area contributed by atoms with Gasteiger partial charge in [-0.15, -0.1) is 0 Å². The standard InChI is InChI=1S/C12H19N3O/c1-9-7-12(14-8-11(9)10(2)13)15-3-5-16-6-4-15/h7-8,10H,3-6,13H2,1-2H3/t10-/m0/s1. The summed E-state index contributed by atoms with van der Waals surface area (Å²) in [5.74, 6) is 1.03. The Morgan fingerprint density at radius 1 is 1.44 bits per heavy atom. The maximum Gasteiger partial charge on any atom is 0.128 e. The number of aromatic nitrogens is 1. The van der Waals surface area contributed by atoms with E-state index >= 15 is 0 Å². The smallest absolute Gasteiger partial charge is 0.128 e. The molecule has 0 spiro atoms. The predicted octanol–water partition coefficient (Wildman–Crippen LogP) is 1.25. The molecule has 4 nitrogen and oxygen atoms in total. The van der Waals surface area contributed by atoms with Gasteiger partial charge in [0.25, 0.3) is 0 Å². The summed E-state index contributed by atoms with van der Waals surface area (Å²) >= 11 is 0. The SMILES string of the molecule is Cc1cc(N2CCOCC2)ncc1[C@H](C)N. The average molecular weight is 221 g/mol. The maximum absolute atomic E-state index is 5.87. The highest BCUT2D eigenvalue weighted by Gasteiger charge is 2.13. The van der Waals surface area contributed by atoms with Crippen molar-refractivity contribution in [2.24, 2.45) is 5.73 Å². The summed E-state index contributed by atoms with van der Waals surface area (Å²) in [5.41, 5.74) is 8.21. The number of aryl methyl sites for hydroxylation is 1. The molecule has 0 unspecified atom stereocenters. The number of morpholine rings is 1. The molecule has 1 atom stereocenters. The van der Waals surface area contributed by atoms with Gasteiger partial charge in [0.1, 0.15) is 5.82 Å². The monoisotopic (exact) mass is 221 g/mol. The summed E-state index contributed by atoms with van der Waals surface area (Å²) in [4.78, 5) is 6.73. The van der Waals surface area contributed by atoms with Crippen molar-refractivity contribution in [2.45, 2.75) is 19.9 Å². The molecule has 1 saturated heterocycles. The van der Waals surface area contributed by atoms with E-state index in [1.807, 2.05) is 13.1 Å². The van der Waals surface area contributed by atoms with Crippen molar-refractivity contribution in [3.63, 3.8) is 0 Å². The van der Waals surface area contributed by atoms with Gasteiger partial charge in [-0.05, 0) is 31.0 Å². The van der Waals surface area contributed by atoms with E-state index in [0.29, 0.717) is 0 Å². The summed E-state index contributed by atoms with van der Waals surface area (Å²) < 4.78 is 5.32. The Morgan fingerprint density at radius 2 is 2.12 bits per heavy atom. The molecule has 0 radical (unpaired) electrons. The normalized spacial score (nSPS) is 18.6. The number of hydrogen-bond donors (Lipinski definition) is 1. The van der Waals surface area contributed by atoms with Gasteiger partial charge in [-0.1, -0.05) is 0 Å². The average Bonchev–Trinajstić information content (AvgIpc) is 2.29. The van der Waals surface area contributed by atoms with Gasteiger partial charge in [0, 0.05) is 25.3 Å². The molecule has 1 fully saturated rings. The second-order valence-electron chi connectivity index (χ2n) is 4.29. The fourth-order valence-electron chi connectivity index (χ4n) is 1.99. The molecular weight excluding hydrogens is 202 g/mol. The van der Waals surface area contributed by atoms with Crippen LogP contribution < -0.4 is 10.6 Å². The summed E-state index contributed by atoms with van der Waals surface area (Å²) in [7, 11) is 0. The van der Waals surface area contributed by atoms with Crippen molar-refractivity contribution in [1.82, 2.24) is 4.98 Å². The number of nitrogens with two attached hydrogens (primary N) is 1. The van der Waals surface area contributed by atoms with Gasteiger partial charge in [0.2, 0.25) is 0 Å². The summed E-state index contributed by atoms with van der Waals surface area (Å²) in [6, 6.07) is 2.16. The number of ether oxygens (including phenoxy) is 1. The first-order valence-electron chi connectivity index (χ1n) is 5.73. The highest BCUT2D eigenvalue weighted by molar-refractivity contribution is 5.44. The summed E-state index contributed by atoms with van der Waals surface area (Å²) in [6.07, 6.45) is 1.89. The zero-order valence-corrected chi connectivity index (χ0v) is 9.94. The lowest BCUT2D eigenvalue weighted by Gasteiger charge is -2.28. The van der Waals surface area contributed by atoms with E-state index in [4.69, 9.17) is 10.5 Å². The van der Waals surface area contributed by atoms with Gasteiger partial charge in [0.15, 0.2) is 0 Å². The molecule has 0 bridgehead atoms. The molecule has 0 aromatic carbocycles. The fraction of sp³-hybridized carbons (Fsp3) is 0.583. The Morgan fingerprint density at radius 3 is 2.69 bits per heavy atom. The fourth-order valence-corrected chi connectivity index (χ4v) is 1.99. The Bertz CT molecular complexity index is 359. The molecule has 0 saturated carbocycles. The molecule has 2 N–H and O–H groups in total. The van der Waals surface area contributed by atoms with Gasteiger partial charge >= 0.3 is 0 Å². The van der Waals surface area contributed by atoms with E-state index in [0.717, 1.165) is 37.7 Å². The Balaban J connectivity index is 2.19. The van der Waals surface area contributed by atoms with Crippen LogP contribution in [0.5, 0.6) is 0 Å². The van der Waals surface area contributed by atoms with E-state index < -0.39 is 0 Å². The van der Waals surface area contributed by atoms with Crippen LogP contribution in [0.1, 0.15) is 24.1 Å².